The third-order valence-electron chi connectivity index (χ3n) is 5.54. The maximum absolute atomic E-state index is 2.39. The van der Waals surface area contributed by atoms with Crippen LogP contribution in [0.15, 0.2) is 103 Å². The highest BCUT2D eigenvalue weighted by Crippen LogP contribution is 2.38. The Labute approximate surface area is 157 Å². The maximum atomic E-state index is 2.39. The topological polar surface area (TPSA) is 4.93 Å². The van der Waals surface area contributed by atoms with E-state index in [0.29, 0.717) is 0 Å². The van der Waals surface area contributed by atoms with Crippen LogP contribution < -0.4 is 0 Å². The zero-order chi connectivity index (χ0) is 17.8. The van der Waals surface area contributed by atoms with Gasteiger partial charge in [-0.15, -0.1) is 0 Å². The molecule has 0 N–H and O–H groups in total. The van der Waals surface area contributed by atoms with Crippen molar-refractivity contribution in [1.29, 1.82) is 0 Å². The van der Waals surface area contributed by atoms with Crippen LogP contribution in [0.3, 0.4) is 0 Å². The Hall–Kier alpha value is -3.58. The SMILES string of the molecule is c1ccc(-n2c3cc4ccccc4cc3c3c4ccccc4ccc32)cc1. The highest BCUT2D eigenvalue weighted by molar-refractivity contribution is 6.23. The lowest BCUT2D eigenvalue weighted by Gasteiger charge is -2.08. The second kappa shape index (κ2) is 5.46. The molecule has 0 aliphatic heterocycles. The van der Waals surface area contributed by atoms with E-state index in [-0.39, 0.29) is 0 Å². The van der Waals surface area contributed by atoms with Crippen LogP contribution in [0.5, 0.6) is 0 Å². The van der Waals surface area contributed by atoms with Gasteiger partial charge in [0.05, 0.1) is 11.0 Å². The van der Waals surface area contributed by atoms with Crippen LogP contribution in [-0.4, -0.2) is 4.57 Å². The van der Waals surface area contributed by atoms with Crippen molar-refractivity contribution in [3.05, 3.63) is 103 Å². The molecule has 27 heavy (non-hydrogen) atoms. The molecule has 1 nitrogen and oxygen atoms in total. The summed E-state index contributed by atoms with van der Waals surface area (Å²) in [5.41, 5.74) is 3.71. The standard InChI is InChI=1S/C26H17N/c1-2-11-21(12-3-1)27-24-15-14-18-8-6-7-13-22(18)26(24)23-16-19-9-4-5-10-20(19)17-25(23)27/h1-17H. The molecule has 126 valence electrons. The fraction of sp³-hybridized carbons (Fsp3) is 0. The predicted octanol–water partition coefficient (Wildman–Crippen LogP) is 7.09. The van der Waals surface area contributed by atoms with E-state index < -0.39 is 0 Å². The highest BCUT2D eigenvalue weighted by atomic mass is 15.0. The van der Waals surface area contributed by atoms with Crippen molar-refractivity contribution in [2.24, 2.45) is 0 Å². The molecule has 0 radical (unpaired) electrons. The van der Waals surface area contributed by atoms with E-state index in [2.05, 4.69) is 108 Å². The fourth-order valence-corrected chi connectivity index (χ4v) is 4.33. The van der Waals surface area contributed by atoms with Gasteiger partial charge in [-0.25, -0.2) is 0 Å². The molecule has 0 bridgehead atoms. The summed E-state index contributed by atoms with van der Waals surface area (Å²) in [7, 11) is 0. The van der Waals surface area contributed by atoms with Crippen molar-refractivity contribution in [2.75, 3.05) is 0 Å². The largest absolute Gasteiger partial charge is 0.309 e. The van der Waals surface area contributed by atoms with Crippen molar-refractivity contribution in [1.82, 2.24) is 4.57 Å². The molecule has 6 rings (SSSR count). The van der Waals surface area contributed by atoms with Gasteiger partial charge in [0.15, 0.2) is 0 Å². The Morgan fingerprint density at radius 1 is 0.444 bits per heavy atom. The average Bonchev–Trinajstić information content (AvgIpc) is 3.06. The van der Waals surface area contributed by atoms with Gasteiger partial charge in [0, 0.05) is 16.5 Å². The number of para-hydroxylation sites is 1. The second-order valence-electron chi connectivity index (χ2n) is 7.07. The first-order valence-electron chi connectivity index (χ1n) is 9.30. The zero-order valence-electron chi connectivity index (χ0n) is 14.8. The first-order chi connectivity index (χ1) is 13.4. The van der Waals surface area contributed by atoms with Crippen LogP contribution in [0.4, 0.5) is 0 Å². The quantitative estimate of drug-likeness (QED) is 0.300. The third kappa shape index (κ3) is 2.06. The van der Waals surface area contributed by atoms with E-state index in [1.807, 2.05) is 0 Å². The van der Waals surface area contributed by atoms with Crippen LogP contribution in [0, 0.1) is 0 Å². The first kappa shape index (κ1) is 14.6. The summed E-state index contributed by atoms with van der Waals surface area (Å²) in [6, 6.07) is 37.1. The smallest absolute Gasteiger partial charge is 0.0547 e. The molecule has 0 spiro atoms. The van der Waals surface area contributed by atoms with Crippen molar-refractivity contribution in [2.45, 2.75) is 0 Å². The number of fused-ring (bicyclic) bond motifs is 6. The first-order valence-corrected chi connectivity index (χ1v) is 9.30. The van der Waals surface area contributed by atoms with Gasteiger partial charge in [-0.05, 0) is 51.9 Å². The monoisotopic (exact) mass is 343 g/mol. The van der Waals surface area contributed by atoms with Crippen molar-refractivity contribution in [3.8, 4) is 5.69 Å². The Bertz CT molecular complexity index is 1460. The van der Waals surface area contributed by atoms with E-state index in [1.165, 1.54) is 49.0 Å². The van der Waals surface area contributed by atoms with Gasteiger partial charge < -0.3 is 4.57 Å². The summed E-state index contributed by atoms with van der Waals surface area (Å²) >= 11 is 0. The molecule has 1 aromatic heterocycles. The summed E-state index contributed by atoms with van der Waals surface area (Å²) in [6.07, 6.45) is 0. The van der Waals surface area contributed by atoms with Gasteiger partial charge in [0.1, 0.15) is 0 Å². The molecule has 1 heteroatoms. The summed E-state index contributed by atoms with van der Waals surface area (Å²) in [4.78, 5) is 0. The van der Waals surface area contributed by atoms with Crippen molar-refractivity contribution < 1.29 is 0 Å². The molecule has 1 heterocycles. The van der Waals surface area contributed by atoms with E-state index in [1.54, 1.807) is 0 Å². The van der Waals surface area contributed by atoms with E-state index in [9.17, 15) is 0 Å². The van der Waals surface area contributed by atoms with Crippen LogP contribution in [0.25, 0.3) is 49.0 Å². The number of benzene rings is 5. The molecule has 0 aliphatic rings. The van der Waals surface area contributed by atoms with Crippen LogP contribution in [0.2, 0.25) is 0 Å². The normalized spacial score (nSPS) is 11.7. The highest BCUT2D eigenvalue weighted by Gasteiger charge is 2.15. The number of hydrogen-bond donors (Lipinski definition) is 0. The van der Waals surface area contributed by atoms with Gasteiger partial charge in [-0.1, -0.05) is 72.8 Å². The molecular formula is C26H17N. The lowest BCUT2D eigenvalue weighted by Crippen LogP contribution is -1.93. The number of aromatic nitrogens is 1. The lowest BCUT2D eigenvalue weighted by atomic mass is 10.0. The molecule has 0 atom stereocenters. The Balaban J connectivity index is 1.92. The molecule has 0 fully saturated rings. The minimum Gasteiger partial charge on any atom is -0.309 e. The Morgan fingerprint density at radius 2 is 1.11 bits per heavy atom. The Kier molecular flexibility index (Phi) is 2.95. The molecular weight excluding hydrogens is 326 g/mol. The van der Waals surface area contributed by atoms with E-state index >= 15 is 0 Å². The number of hydrogen-bond acceptors (Lipinski definition) is 0. The molecule has 0 aliphatic carbocycles. The molecule has 0 amide bonds. The zero-order valence-corrected chi connectivity index (χ0v) is 14.8. The summed E-state index contributed by atoms with van der Waals surface area (Å²) < 4.78 is 2.39. The molecule has 0 saturated heterocycles. The summed E-state index contributed by atoms with van der Waals surface area (Å²) in [5, 5.41) is 7.79. The van der Waals surface area contributed by atoms with Crippen LogP contribution in [0.1, 0.15) is 0 Å². The fourth-order valence-electron chi connectivity index (χ4n) is 4.33. The third-order valence-corrected chi connectivity index (χ3v) is 5.54. The summed E-state index contributed by atoms with van der Waals surface area (Å²) in [6.45, 7) is 0. The van der Waals surface area contributed by atoms with Crippen LogP contribution in [-0.2, 0) is 0 Å². The average molecular weight is 343 g/mol. The van der Waals surface area contributed by atoms with Gasteiger partial charge in [-0.3, -0.25) is 0 Å². The number of rotatable bonds is 1. The number of nitrogens with zero attached hydrogens (tertiary/aromatic N) is 1. The predicted molar refractivity (Wildman–Crippen MR) is 116 cm³/mol. The van der Waals surface area contributed by atoms with Gasteiger partial charge in [0.25, 0.3) is 0 Å². The van der Waals surface area contributed by atoms with Crippen molar-refractivity contribution in [3.63, 3.8) is 0 Å². The second-order valence-corrected chi connectivity index (χ2v) is 7.07. The van der Waals surface area contributed by atoms with E-state index in [4.69, 9.17) is 0 Å². The van der Waals surface area contributed by atoms with Gasteiger partial charge >= 0.3 is 0 Å². The lowest BCUT2D eigenvalue weighted by molar-refractivity contribution is 1.18. The van der Waals surface area contributed by atoms with Crippen molar-refractivity contribution >= 4 is 43.4 Å². The van der Waals surface area contributed by atoms with Gasteiger partial charge in [0.2, 0.25) is 0 Å². The summed E-state index contributed by atoms with van der Waals surface area (Å²) in [5.74, 6) is 0. The van der Waals surface area contributed by atoms with Crippen LogP contribution >= 0.6 is 0 Å². The van der Waals surface area contributed by atoms with E-state index in [0.717, 1.165) is 0 Å². The molecule has 0 unspecified atom stereocenters. The maximum Gasteiger partial charge on any atom is 0.0547 e. The molecule has 5 aromatic carbocycles. The van der Waals surface area contributed by atoms with Gasteiger partial charge in [-0.2, -0.15) is 0 Å². The molecule has 0 saturated carbocycles. The minimum atomic E-state index is 1.20. The Morgan fingerprint density at radius 3 is 1.93 bits per heavy atom. The minimum absolute atomic E-state index is 1.20. The molecule has 6 aromatic rings.